The van der Waals surface area contributed by atoms with E-state index in [1.807, 2.05) is 0 Å². The van der Waals surface area contributed by atoms with Crippen LogP contribution in [0.1, 0.15) is 12.8 Å². The summed E-state index contributed by atoms with van der Waals surface area (Å²) >= 11 is 0. The third kappa shape index (κ3) is 0.290. The van der Waals surface area contributed by atoms with E-state index in [4.69, 9.17) is 0 Å². The summed E-state index contributed by atoms with van der Waals surface area (Å²) in [5.41, 5.74) is 3.49. The first kappa shape index (κ1) is 3.49. The maximum Gasteiger partial charge on any atom is 0.00176 e. The molecule has 0 aliphatic heterocycles. The predicted octanol–water partition coefficient (Wildman–Crippen LogP) is 1.89. The van der Waals surface area contributed by atoms with Crippen LogP contribution in [0.25, 0.3) is 0 Å². The van der Waals surface area contributed by atoms with Crippen molar-refractivity contribution in [3.8, 4) is 0 Å². The lowest BCUT2D eigenvalue weighted by molar-refractivity contribution is 0.704. The number of allylic oxidation sites excluding steroid dienone is 4. The molecule has 0 aromatic heterocycles. The molecule has 0 nitrogen and oxygen atoms in total. The van der Waals surface area contributed by atoms with Crippen LogP contribution in [-0.4, -0.2) is 0 Å². The Balaban J connectivity index is 1.96. The van der Waals surface area contributed by atoms with Gasteiger partial charge in [0.05, 0.1) is 0 Å². The van der Waals surface area contributed by atoms with E-state index in [1.54, 1.807) is 11.1 Å². The zero-order chi connectivity index (χ0) is 5.14. The highest BCUT2D eigenvalue weighted by atomic mass is 14.4. The van der Waals surface area contributed by atoms with Crippen LogP contribution in [0.15, 0.2) is 23.3 Å². The van der Waals surface area contributed by atoms with Gasteiger partial charge in [0, 0.05) is 11.8 Å². The Morgan fingerprint density at radius 3 is 2.00 bits per heavy atom. The van der Waals surface area contributed by atoms with E-state index in [0.717, 1.165) is 11.8 Å². The van der Waals surface area contributed by atoms with Crippen molar-refractivity contribution in [1.82, 2.24) is 0 Å². The summed E-state index contributed by atoms with van der Waals surface area (Å²) in [5, 5.41) is 0. The van der Waals surface area contributed by atoms with Gasteiger partial charge in [-0.25, -0.2) is 0 Å². The highest BCUT2D eigenvalue weighted by Gasteiger charge is 2.40. The summed E-state index contributed by atoms with van der Waals surface area (Å²) < 4.78 is 0. The average molecular weight is 104 g/mol. The van der Waals surface area contributed by atoms with Crippen molar-refractivity contribution >= 4 is 0 Å². The third-order valence-corrected chi connectivity index (χ3v) is 2.48. The number of hydrogen-bond acceptors (Lipinski definition) is 0. The SMILES string of the molecule is C1=C2CC3C=C3CC12. The lowest BCUT2D eigenvalue weighted by Crippen LogP contribution is -1.93. The summed E-state index contributed by atoms with van der Waals surface area (Å²) in [5.74, 6) is 1.89. The topological polar surface area (TPSA) is 0 Å². The first-order chi connectivity index (χ1) is 3.93. The Morgan fingerprint density at radius 2 is 1.50 bits per heavy atom. The van der Waals surface area contributed by atoms with Gasteiger partial charge in [-0.05, 0) is 12.8 Å². The standard InChI is InChI=1S/C8H8/c1-5-3-7-2-8(7)4-6(1)5/h1-2,5,8H,3-4H2. The molecule has 3 rings (SSSR count). The van der Waals surface area contributed by atoms with E-state index >= 15 is 0 Å². The smallest absolute Gasteiger partial charge is 0.00176 e. The van der Waals surface area contributed by atoms with Crippen molar-refractivity contribution in [1.29, 1.82) is 0 Å². The molecule has 0 radical (unpaired) electrons. The highest BCUT2D eigenvalue weighted by Crippen LogP contribution is 2.53. The minimum atomic E-state index is 0.944. The van der Waals surface area contributed by atoms with Crippen LogP contribution < -0.4 is 0 Å². The fraction of sp³-hybridized carbons (Fsp3) is 0.500. The molecule has 0 heteroatoms. The molecule has 1 fully saturated rings. The number of rotatable bonds is 0. The van der Waals surface area contributed by atoms with Gasteiger partial charge in [-0.15, -0.1) is 0 Å². The molecular weight excluding hydrogens is 96.1 g/mol. The fourth-order valence-electron chi connectivity index (χ4n) is 1.75. The van der Waals surface area contributed by atoms with Crippen LogP contribution in [0, 0.1) is 11.8 Å². The van der Waals surface area contributed by atoms with Crippen LogP contribution in [-0.2, 0) is 0 Å². The number of fused-ring (bicyclic) bond motifs is 2. The second-order valence-electron chi connectivity index (χ2n) is 3.10. The van der Waals surface area contributed by atoms with Gasteiger partial charge in [0.1, 0.15) is 0 Å². The van der Waals surface area contributed by atoms with Gasteiger partial charge < -0.3 is 0 Å². The van der Waals surface area contributed by atoms with Crippen molar-refractivity contribution in [3.63, 3.8) is 0 Å². The van der Waals surface area contributed by atoms with Crippen molar-refractivity contribution in [2.75, 3.05) is 0 Å². The third-order valence-electron chi connectivity index (χ3n) is 2.48. The average Bonchev–Trinajstić information content (AvgIpc) is 2.45. The van der Waals surface area contributed by atoms with E-state index < -0.39 is 0 Å². The Morgan fingerprint density at radius 1 is 1.00 bits per heavy atom. The molecule has 0 saturated heterocycles. The second-order valence-corrected chi connectivity index (χ2v) is 3.10. The van der Waals surface area contributed by atoms with E-state index in [9.17, 15) is 0 Å². The maximum atomic E-state index is 2.42. The van der Waals surface area contributed by atoms with Crippen molar-refractivity contribution < 1.29 is 0 Å². The van der Waals surface area contributed by atoms with Crippen LogP contribution in [0.2, 0.25) is 0 Å². The highest BCUT2D eigenvalue weighted by molar-refractivity contribution is 5.46. The maximum absolute atomic E-state index is 2.42. The van der Waals surface area contributed by atoms with Crippen molar-refractivity contribution in [3.05, 3.63) is 23.3 Å². The molecule has 0 amide bonds. The number of hydrogen-bond donors (Lipinski definition) is 0. The van der Waals surface area contributed by atoms with Crippen LogP contribution in [0.5, 0.6) is 0 Å². The van der Waals surface area contributed by atoms with Gasteiger partial charge in [-0.3, -0.25) is 0 Å². The van der Waals surface area contributed by atoms with Crippen molar-refractivity contribution in [2.45, 2.75) is 12.8 Å². The zero-order valence-electron chi connectivity index (χ0n) is 4.72. The largest absolute Gasteiger partial charge is 0.0772 e. The van der Waals surface area contributed by atoms with Gasteiger partial charge in [-0.2, -0.15) is 0 Å². The fourth-order valence-corrected chi connectivity index (χ4v) is 1.75. The molecule has 0 bridgehead atoms. The first-order valence-electron chi connectivity index (χ1n) is 3.34. The molecule has 2 unspecified atom stereocenters. The Labute approximate surface area is 48.9 Å². The minimum Gasteiger partial charge on any atom is -0.0772 e. The van der Waals surface area contributed by atoms with Crippen LogP contribution >= 0.6 is 0 Å². The molecule has 40 valence electrons. The molecule has 0 aromatic rings. The molecule has 3 aliphatic carbocycles. The monoisotopic (exact) mass is 104 g/mol. The van der Waals surface area contributed by atoms with Crippen LogP contribution in [0.3, 0.4) is 0 Å². The molecule has 8 heavy (non-hydrogen) atoms. The molecule has 0 heterocycles. The lowest BCUT2D eigenvalue weighted by Gasteiger charge is -2.04. The van der Waals surface area contributed by atoms with Gasteiger partial charge in [-0.1, -0.05) is 23.3 Å². The van der Waals surface area contributed by atoms with E-state index in [2.05, 4.69) is 12.2 Å². The summed E-state index contributed by atoms with van der Waals surface area (Å²) in [6, 6.07) is 0. The molecule has 3 aliphatic rings. The predicted molar refractivity (Wildman–Crippen MR) is 32.4 cm³/mol. The summed E-state index contributed by atoms with van der Waals surface area (Å²) in [6.45, 7) is 0. The molecule has 0 spiro atoms. The van der Waals surface area contributed by atoms with Gasteiger partial charge in [0.15, 0.2) is 0 Å². The van der Waals surface area contributed by atoms with Gasteiger partial charge >= 0.3 is 0 Å². The zero-order valence-corrected chi connectivity index (χ0v) is 4.72. The van der Waals surface area contributed by atoms with E-state index in [0.29, 0.717) is 0 Å². The Bertz CT molecular complexity index is 184. The van der Waals surface area contributed by atoms with Crippen molar-refractivity contribution in [2.24, 2.45) is 11.8 Å². The van der Waals surface area contributed by atoms with Crippen LogP contribution in [0.4, 0.5) is 0 Å². The summed E-state index contributed by atoms with van der Waals surface area (Å²) in [7, 11) is 0. The quantitative estimate of drug-likeness (QED) is 0.412. The van der Waals surface area contributed by atoms with Gasteiger partial charge in [0.25, 0.3) is 0 Å². The molecule has 0 aromatic carbocycles. The lowest BCUT2D eigenvalue weighted by atomic mass is 9.99. The summed E-state index contributed by atoms with van der Waals surface area (Å²) in [6.07, 6.45) is 7.62. The van der Waals surface area contributed by atoms with Gasteiger partial charge in [0.2, 0.25) is 0 Å². The Hall–Kier alpha value is -0.520. The molecule has 0 N–H and O–H groups in total. The summed E-state index contributed by atoms with van der Waals surface area (Å²) in [4.78, 5) is 0. The van der Waals surface area contributed by atoms with E-state index in [-0.39, 0.29) is 0 Å². The Kier molecular flexibility index (Phi) is 0.355. The first-order valence-corrected chi connectivity index (χ1v) is 3.34. The van der Waals surface area contributed by atoms with E-state index in [1.165, 1.54) is 12.8 Å². The molecule has 1 saturated carbocycles. The molecular formula is C8H8. The normalized spacial score (nSPS) is 46.0. The minimum absolute atomic E-state index is 0.944. The molecule has 2 atom stereocenters. The second kappa shape index (κ2) is 0.812.